The fourth-order valence-corrected chi connectivity index (χ4v) is 4.16. The van der Waals surface area contributed by atoms with Crippen LogP contribution in [0.3, 0.4) is 0 Å². The number of methoxy groups -OCH3 is 1. The fraction of sp³-hybridized carbons (Fsp3) is 0.240. The van der Waals surface area contributed by atoms with E-state index in [1.54, 1.807) is 18.0 Å². The Labute approximate surface area is 186 Å². The van der Waals surface area contributed by atoms with Crippen molar-refractivity contribution in [3.05, 3.63) is 84.3 Å². The van der Waals surface area contributed by atoms with Gasteiger partial charge in [-0.25, -0.2) is 4.68 Å². The second-order valence-electron chi connectivity index (χ2n) is 7.89. The first-order chi connectivity index (χ1) is 15.7. The molecule has 0 bridgehead atoms. The number of ether oxygens (including phenoxy) is 1. The van der Waals surface area contributed by atoms with E-state index in [4.69, 9.17) is 4.74 Å². The SMILES string of the molecule is COc1cn(-c2ccccc2)nc1C(=O)N1CCN(Cc2cccc3cccnc23)CC1. The smallest absolute Gasteiger partial charge is 0.278 e. The first kappa shape index (κ1) is 20.2. The first-order valence-electron chi connectivity index (χ1n) is 10.8. The molecule has 1 saturated heterocycles. The third kappa shape index (κ3) is 3.94. The number of fused-ring (bicyclic) bond motifs is 1. The van der Waals surface area contributed by atoms with Crippen LogP contribution in [0.2, 0.25) is 0 Å². The zero-order chi connectivity index (χ0) is 21.9. The summed E-state index contributed by atoms with van der Waals surface area (Å²) in [5.74, 6) is 0.395. The maximum absolute atomic E-state index is 13.2. The van der Waals surface area contributed by atoms with Gasteiger partial charge in [0.15, 0.2) is 11.4 Å². The van der Waals surface area contributed by atoms with Crippen LogP contribution in [-0.4, -0.2) is 63.8 Å². The molecule has 1 amide bonds. The molecule has 1 aliphatic heterocycles. The van der Waals surface area contributed by atoms with E-state index < -0.39 is 0 Å². The van der Waals surface area contributed by atoms with Gasteiger partial charge in [-0.2, -0.15) is 5.10 Å². The Bertz CT molecular complexity index is 1220. The van der Waals surface area contributed by atoms with Gasteiger partial charge in [-0.15, -0.1) is 0 Å². The number of para-hydroxylation sites is 2. The summed E-state index contributed by atoms with van der Waals surface area (Å²) < 4.78 is 7.14. The maximum atomic E-state index is 13.2. The highest BCUT2D eigenvalue weighted by atomic mass is 16.5. The fourth-order valence-electron chi connectivity index (χ4n) is 4.16. The number of hydrogen-bond donors (Lipinski definition) is 0. The van der Waals surface area contributed by atoms with Crippen molar-refractivity contribution in [1.82, 2.24) is 24.6 Å². The van der Waals surface area contributed by atoms with E-state index in [1.165, 1.54) is 5.56 Å². The van der Waals surface area contributed by atoms with Crippen molar-refractivity contribution in [2.45, 2.75) is 6.54 Å². The predicted molar refractivity (Wildman–Crippen MR) is 123 cm³/mol. The molecule has 162 valence electrons. The normalized spacial score (nSPS) is 14.6. The quantitative estimate of drug-likeness (QED) is 0.489. The Morgan fingerprint density at radius 1 is 0.969 bits per heavy atom. The highest BCUT2D eigenvalue weighted by Gasteiger charge is 2.27. The van der Waals surface area contributed by atoms with Gasteiger partial charge in [-0.05, 0) is 23.8 Å². The molecule has 0 radical (unpaired) electrons. The van der Waals surface area contributed by atoms with Crippen molar-refractivity contribution in [2.75, 3.05) is 33.3 Å². The summed E-state index contributed by atoms with van der Waals surface area (Å²) in [6.45, 7) is 3.73. The van der Waals surface area contributed by atoms with Crippen molar-refractivity contribution in [2.24, 2.45) is 0 Å². The van der Waals surface area contributed by atoms with Crippen molar-refractivity contribution in [3.8, 4) is 11.4 Å². The second kappa shape index (κ2) is 8.80. The molecule has 3 heterocycles. The summed E-state index contributed by atoms with van der Waals surface area (Å²) in [6, 6.07) is 20.1. The molecule has 7 heteroatoms. The Hall–Kier alpha value is -3.71. The molecule has 2 aromatic heterocycles. The van der Waals surface area contributed by atoms with Crippen LogP contribution in [0.4, 0.5) is 0 Å². The minimum absolute atomic E-state index is 0.0944. The lowest BCUT2D eigenvalue weighted by Crippen LogP contribution is -2.48. The number of rotatable bonds is 5. The second-order valence-corrected chi connectivity index (χ2v) is 7.89. The Balaban J connectivity index is 1.27. The minimum atomic E-state index is -0.0944. The molecule has 1 fully saturated rings. The van der Waals surface area contributed by atoms with Crippen molar-refractivity contribution in [3.63, 3.8) is 0 Å². The molecular formula is C25H25N5O2. The first-order valence-corrected chi connectivity index (χ1v) is 10.8. The van der Waals surface area contributed by atoms with E-state index >= 15 is 0 Å². The van der Waals surface area contributed by atoms with E-state index in [-0.39, 0.29) is 5.91 Å². The van der Waals surface area contributed by atoms with Crippen LogP contribution in [0.1, 0.15) is 16.1 Å². The monoisotopic (exact) mass is 427 g/mol. The number of carbonyl (C=O) groups excluding carboxylic acids is 1. The summed E-state index contributed by atoms with van der Waals surface area (Å²) in [7, 11) is 1.57. The van der Waals surface area contributed by atoms with Gasteiger partial charge in [-0.3, -0.25) is 14.7 Å². The van der Waals surface area contributed by atoms with E-state index in [0.717, 1.165) is 36.2 Å². The average molecular weight is 428 g/mol. The van der Waals surface area contributed by atoms with Crippen LogP contribution in [0.5, 0.6) is 5.75 Å². The maximum Gasteiger partial charge on any atom is 0.278 e. The molecule has 4 aromatic rings. The van der Waals surface area contributed by atoms with Crippen LogP contribution >= 0.6 is 0 Å². The van der Waals surface area contributed by atoms with Crippen molar-refractivity contribution < 1.29 is 9.53 Å². The Morgan fingerprint density at radius 3 is 2.53 bits per heavy atom. The lowest BCUT2D eigenvalue weighted by atomic mass is 10.1. The van der Waals surface area contributed by atoms with Gasteiger partial charge in [0.2, 0.25) is 0 Å². The van der Waals surface area contributed by atoms with E-state index in [0.29, 0.717) is 24.5 Å². The molecule has 0 N–H and O–H groups in total. The number of benzene rings is 2. The van der Waals surface area contributed by atoms with Crippen LogP contribution in [0.15, 0.2) is 73.1 Å². The summed E-state index contributed by atoms with van der Waals surface area (Å²) in [5, 5.41) is 5.68. The number of carbonyl (C=O) groups is 1. The molecule has 5 rings (SSSR count). The lowest BCUT2D eigenvalue weighted by molar-refractivity contribution is 0.0619. The number of hydrogen-bond acceptors (Lipinski definition) is 5. The standard InChI is InChI=1S/C25H25N5O2/c1-32-22-18-30(21-10-3-2-4-11-21)27-24(22)25(31)29-15-13-28(14-16-29)17-20-8-5-7-19-9-6-12-26-23(19)20/h2-12,18H,13-17H2,1H3. The lowest BCUT2D eigenvalue weighted by Gasteiger charge is -2.34. The average Bonchev–Trinajstić information content (AvgIpc) is 3.29. The molecule has 2 aromatic carbocycles. The zero-order valence-corrected chi connectivity index (χ0v) is 18.0. The summed E-state index contributed by atoms with van der Waals surface area (Å²) in [4.78, 5) is 22.0. The molecule has 0 spiro atoms. The number of pyridine rings is 1. The topological polar surface area (TPSA) is 63.5 Å². The van der Waals surface area contributed by atoms with E-state index in [9.17, 15) is 4.79 Å². The molecule has 0 atom stereocenters. The molecule has 0 unspecified atom stereocenters. The highest BCUT2D eigenvalue weighted by molar-refractivity contribution is 5.95. The van der Waals surface area contributed by atoms with Gasteiger partial charge < -0.3 is 9.64 Å². The zero-order valence-electron chi connectivity index (χ0n) is 18.0. The van der Waals surface area contributed by atoms with Gasteiger partial charge in [0.1, 0.15) is 0 Å². The number of nitrogens with zero attached hydrogens (tertiary/aromatic N) is 5. The van der Waals surface area contributed by atoms with Crippen LogP contribution in [0, 0.1) is 0 Å². The highest BCUT2D eigenvalue weighted by Crippen LogP contribution is 2.23. The third-order valence-corrected chi connectivity index (χ3v) is 5.89. The molecule has 32 heavy (non-hydrogen) atoms. The number of piperazine rings is 1. The summed E-state index contributed by atoms with van der Waals surface area (Å²) in [6.07, 6.45) is 3.59. The van der Waals surface area contributed by atoms with E-state index in [1.807, 2.05) is 47.5 Å². The summed E-state index contributed by atoms with van der Waals surface area (Å²) in [5.41, 5.74) is 3.50. The Morgan fingerprint density at radius 2 is 1.75 bits per heavy atom. The molecule has 7 nitrogen and oxygen atoms in total. The van der Waals surface area contributed by atoms with Crippen LogP contribution in [-0.2, 0) is 6.54 Å². The molecule has 0 aliphatic carbocycles. The Kier molecular flexibility index (Phi) is 5.56. The third-order valence-electron chi connectivity index (χ3n) is 5.89. The van der Waals surface area contributed by atoms with Gasteiger partial charge in [0, 0.05) is 44.3 Å². The van der Waals surface area contributed by atoms with Gasteiger partial charge in [0.05, 0.1) is 24.5 Å². The summed E-state index contributed by atoms with van der Waals surface area (Å²) >= 11 is 0. The van der Waals surface area contributed by atoms with Crippen molar-refractivity contribution in [1.29, 1.82) is 0 Å². The molecule has 1 aliphatic rings. The van der Waals surface area contributed by atoms with Crippen LogP contribution in [0.25, 0.3) is 16.6 Å². The largest absolute Gasteiger partial charge is 0.493 e. The van der Waals surface area contributed by atoms with Gasteiger partial charge in [-0.1, -0.05) is 42.5 Å². The molecule has 0 saturated carbocycles. The van der Waals surface area contributed by atoms with Gasteiger partial charge in [0.25, 0.3) is 5.91 Å². The predicted octanol–water partition coefficient (Wildman–Crippen LogP) is 3.39. The van der Waals surface area contributed by atoms with Gasteiger partial charge >= 0.3 is 0 Å². The van der Waals surface area contributed by atoms with Crippen molar-refractivity contribution >= 4 is 16.8 Å². The number of aromatic nitrogens is 3. The van der Waals surface area contributed by atoms with E-state index in [2.05, 4.69) is 39.2 Å². The molecular weight excluding hydrogens is 402 g/mol. The minimum Gasteiger partial charge on any atom is -0.493 e. The van der Waals surface area contributed by atoms with Crippen LogP contribution < -0.4 is 4.74 Å². The number of amides is 1.